The summed E-state index contributed by atoms with van der Waals surface area (Å²) < 4.78 is 0. The number of hydrogen-bond acceptors (Lipinski definition) is 4. The lowest BCUT2D eigenvalue weighted by atomic mass is 10.1. The zero-order chi connectivity index (χ0) is 17.5. The van der Waals surface area contributed by atoms with Crippen LogP contribution >= 0.6 is 12.2 Å². The summed E-state index contributed by atoms with van der Waals surface area (Å²) in [5.41, 5.74) is 2.36. The van der Waals surface area contributed by atoms with Gasteiger partial charge in [0.1, 0.15) is 10.7 Å². The zero-order valence-electron chi connectivity index (χ0n) is 13.4. The number of nitrogens with zero attached hydrogens (tertiary/aromatic N) is 2. The topological polar surface area (TPSA) is 74.6 Å². The molecule has 1 aromatic heterocycles. The van der Waals surface area contributed by atoms with E-state index in [2.05, 4.69) is 15.3 Å². The lowest BCUT2D eigenvalue weighted by molar-refractivity contribution is -0.112. The Labute approximate surface area is 145 Å². The van der Waals surface area contributed by atoms with E-state index < -0.39 is 5.91 Å². The minimum Gasteiger partial charge on any atom is -0.512 e. The van der Waals surface area contributed by atoms with E-state index in [1.54, 1.807) is 30.6 Å². The lowest BCUT2D eigenvalue weighted by Crippen LogP contribution is -2.18. The van der Waals surface area contributed by atoms with Crippen LogP contribution in [-0.4, -0.2) is 27.2 Å². The summed E-state index contributed by atoms with van der Waals surface area (Å²) in [4.78, 5) is 20.7. The maximum absolute atomic E-state index is 12.4. The molecule has 0 bridgehead atoms. The molecule has 5 nitrogen and oxygen atoms in total. The summed E-state index contributed by atoms with van der Waals surface area (Å²) in [7, 11) is 0. The van der Waals surface area contributed by atoms with Gasteiger partial charge in [-0.2, -0.15) is 0 Å². The second kappa shape index (κ2) is 8.12. The molecule has 1 aromatic carbocycles. The predicted molar refractivity (Wildman–Crippen MR) is 99.6 cm³/mol. The molecule has 2 rings (SSSR count). The van der Waals surface area contributed by atoms with Crippen molar-refractivity contribution in [3.63, 3.8) is 0 Å². The Balaban J connectivity index is 2.17. The highest BCUT2D eigenvalue weighted by atomic mass is 32.1. The van der Waals surface area contributed by atoms with Gasteiger partial charge in [0.2, 0.25) is 0 Å². The molecule has 0 saturated carbocycles. The smallest absolute Gasteiger partial charge is 0.260 e. The largest absolute Gasteiger partial charge is 0.512 e. The van der Waals surface area contributed by atoms with Gasteiger partial charge in [0.05, 0.1) is 5.57 Å². The highest BCUT2D eigenvalue weighted by Crippen LogP contribution is 2.14. The quantitative estimate of drug-likeness (QED) is 0.386. The van der Waals surface area contributed by atoms with Crippen LogP contribution in [0.2, 0.25) is 0 Å². The number of allylic oxidation sites excluding steroid dienone is 1. The van der Waals surface area contributed by atoms with Gasteiger partial charge in [-0.25, -0.2) is 4.99 Å². The van der Waals surface area contributed by atoms with Gasteiger partial charge in [-0.1, -0.05) is 30.4 Å². The third-order valence-corrected chi connectivity index (χ3v) is 3.61. The minimum atomic E-state index is -0.453. The van der Waals surface area contributed by atoms with Crippen molar-refractivity contribution in [3.8, 4) is 0 Å². The maximum Gasteiger partial charge on any atom is 0.260 e. The van der Waals surface area contributed by atoms with Crippen LogP contribution in [0.3, 0.4) is 0 Å². The summed E-state index contributed by atoms with van der Waals surface area (Å²) in [6.45, 7) is 3.31. The van der Waals surface area contributed by atoms with Crippen LogP contribution in [0.25, 0.3) is 0 Å². The summed E-state index contributed by atoms with van der Waals surface area (Å²) in [6, 6.07) is 10.8. The van der Waals surface area contributed by atoms with Gasteiger partial charge in [-0.3, -0.25) is 9.78 Å². The Morgan fingerprint density at radius 3 is 2.54 bits per heavy atom. The highest BCUT2D eigenvalue weighted by molar-refractivity contribution is 7.80. The fraction of sp³-hybridized carbons (Fsp3) is 0.111. The molecule has 0 aliphatic heterocycles. The van der Waals surface area contributed by atoms with Crippen LogP contribution in [0.5, 0.6) is 0 Å². The van der Waals surface area contributed by atoms with Crippen LogP contribution in [0.4, 0.5) is 5.69 Å². The Bertz CT molecular complexity index is 810. The van der Waals surface area contributed by atoms with Gasteiger partial charge < -0.3 is 10.4 Å². The van der Waals surface area contributed by atoms with Crippen molar-refractivity contribution in [1.29, 1.82) is 0 Å². The van der Waals surface area contributed by atoms with Crippen molar-refractivity contribution in [2.45, 2.75) is 13.8 Å². The number of thiocarbonyl (C=S) groups is 1. The molecule has 0 atom stereocenters. The molecule has 0 radical (unpaired) electrons. The van der Waals surface area contributed by atoms with E-state index in [4.69, 9.17) is 12.2 Å². The number of rotatable bonds is 4. The molecule has 0 aliphatic rings. The van der Waals surface area contributed by atoms with Crippen molar-refractivity contribution in [1.82, 2.24) is 4.98 Å². The van der Waals surface area contributed by atoms with Crippen LogP contribution < -0.4 is 5.32 Å². The molecule has 24 heavy (non-hydrogen) atoms. The molecular formula is C18H17N3O2S. The Morgan fingerprint density at radius 1 is 1.25 bits per heavy atom. The molecule has 1 heterocycles. The highest BCUT2D eigenvalue weighted by Gasteiger charge is 2.12. The van der Waals surface area contributed by atoms with Gasteiger partial charge in [0.15, 0.2) is 0 Å². The number of aromatic nitrogens is 1. The number of pyridine rings is 1. The fourth-order valence-electron chi connectivity index (χ4n) is 1.91. The van der Waals surface area contributed by atoms with E-state index in [1.165, 1.54) is 13.1 Å². The Hall–Kier alpha value is -2.86. The van der Waals surface area contributed by atoms with Crippen molar-refractivity contribution in [3.05, 3.63) is 71.3 Å². The summed E-state index contributed by atoms with van der Waals surface area (Å²) in [5, 5.41) is 12.5. The third-order valence-electron chi connectivity index (χ3n) is 3.27. The van der Waals surface area contributed by atoms with Crippen LogP contribution in [0.1, 0.15) is 18.1 Å². The number of nitrogens with one attached hydrogen (secondary N) is 1. The molecule has 6 heteroatoms. The number of aliphatic imine (C=N–C) groups is 1. The standard InChI is InChI=1S/C18H17N3O2S/c1-12-5-3-4-6-16(12)21-17(23)15(13(2)22)11-20-18(24)14-7-9-19-10-8-14/h3-11,22H,1-2H3,(H,21,23)/b15-13+,20-11?. The second-order valence-electron chi connectivity index (χ2n) is 5.07. The SMILES string of the molecule is C/C(O)=C(/C=NC(=S)c1ccncc1)C(=O)Nc1ccccc1C. The summed E-state index contributed by atoms with van der Waals surface area (Å²) >= 11 is 5.20. The minimum absolute atomic E-state index is 0.0506. The first-order valence-electron chi connectivity index (χ1n) is 7.24. The number of aryl methyl sites for hydroxylation is 1. The number of benzene rings is 1. The van der Waals surface area contributed by atoms with Gasteiger partial charge in [0, 0.05) is 29.9 Å². The van der Waals surface area contributed by atoms with Gasteiger partial charge in [-0.15, -0.1) is 0 Å². The van der Waals surface area contributed by atoms with E-state index in [0.717, 1.165) is 5.56 Å². The first-order chi connectivity index (χ1) is 11.5. The number of anilines is 1. The number of carbonyl (C=O) groups excluding carboxylic acids is 1. The predicted octanol–water partition coefficient (Wildman–Crippen LogP) is 3.61. The number of amides is 1. The summed E-state index contributed by atoms with van der Waals surface area (Å²) in [5.74, 6) is -0.590. The number of aliphatic hydroxyl groups is 1. The third kappa shape index (κ3) is 4.57. The lowest BCUT2D eigenvalue weighted by Gasteiger charge is -2.09. The Morgan fingerprint density at radius 2 is 1.92 bits per heavy atom. The maximum atomic E-state index is 12.4. The van der Waals surface area contributed by atoms with E-state index in [9.17, 15) is 9.90 Å². The number of carbonyl (C=O) groups is 1. The molecule has 2 aromatic rings. The average Bonchev–Trinajstić information content (AvgIpc) is 2.57. The van der Waals surface area contributed by atoms with Crippen LogP contribution in [0, 0.1) is 6.92 Å². The van der Waals surface area contributed by atoms with E-state index in [-0.39, 0.29) is 11.3 Å². The Kier molecular flexibility index (Phi) is 5.92. The van der Waals surface area contributed by atoms with Gasteiger partial charge in [0.25, 0.3) is 5.91 Å². The van der Waals surface area contributed by atoms with Crippen molar-refractivity contribution in [2.75, 3.05) is 5.32 Å². The first-order valence-corrected chi connectivity index (χ1v) is 7.65. The molecule has 0 unspecified atom stereocenters. The number of para-hydroxylation sites is 1. The average molecular weight is 339 g/mol. The molecular weight excluding hydrogens is 322 g/mol. The first kappa shape index (κ1) is 17.5. The van der Waals surface area contributed by atoms with E-state index in [0.29, 0.717) is 16.2 Å². The second-order valence-corrected chi connectivity index (χ2v) is 5.45. The van der Waals surface area contributed by atoms with Crippen molar-refractivity contribution < 1.29 is 9.90 Å². The molecule has 0 fully saturated rings. The van der Waals surface area contributed by atoms with Gasteiger partial charge in [-0.05, 0) is 37.6 Å². The van der Waals surface area contributed by atoms with Gasteiger partial charge >= 0.3 is 0 Å². The van der Waals surface area contributed by atoms with E-state index in [1.807, 2.05) is 25.1 Å². The molecule has 0 spiro atoms. The van der Waals surface area contributed by atoms with Crippen LogP contribution in [-0.2, 0) is 4.79 Å². The summed E-state index contributed by atoms with van der Waals surface area (Å²) in [6.07, 6.45) is 4.48. The monoisotopic (exact) mass is 339 g/mol. The number of aliphatic hydroxyl groups excluding tert-OH is 1. The van der Waals surface area contributed by atoms with Crippen LogP contribution in [0.15, 0.2) is 65.1 Å². The normalized spacial score (nSPS) is 11.9. The molecule has 2 N–H and O–H groups in total. The van der Waals surface area contributed by atoms with E-state index >= 15 is 0 Å². The molecule has 0 aliphatic carbocycles. The molecule has 0 saturated heterocycles. The van der Waals surface area contributed by atoms with Crippen molar-refractivity contribution >= 4 is 35.0 Å². The van der Waals surface area contributed by atoms with Crippen molar-refractivity contribution in [2.24, 2.45) is 4.99 Å². The molecule has 122 valence electrons. The molecule has 1 amide bonds. The number of hydrogen-bond donors (Lipinski definition) is 2. The zero-order valence-corrected chi connectivity index (χ0v) is 14.2. The fourth-order valence-corrected chi connectivity index (χ4v) is 2.10.